The zero-order chi connectivity index (χ0) is 10.6. The van der Waals surface area contributed by atoms with Crippen molar-refractivity contribution in [2.24, 2.45) is 5.92 Å². The molecular weight excluding hydrogens is 174 g/mol. The highest BCUT2D eigenvalue weighted by atomic mass is 16.3. The van der Waals surface area contributed by atoms with Crippen molar-refractivity contribution in [1.29, 1.82) is 0 Å². The third-order valence-electron chi connectivity index (χ3n) is 2.26. The molecule has 1 unspecified atom stereocenters. The Bertz CT molecular complexity index is 319. The van der Waals surface area contributed by atoms with E-state index in [1.165, 1.54) is 0 Å². The lowest BCUT2D eigenvalue weighted by Gasteiger charge is -2.12. The Balaban J connectivity index is 2.64. The van der Waals surface area contributed by atoms with Crippen molar-refractivity contribution < 1.29 is 5.11 Å². The van der Waals surface area contributed by atoms with Crippen LogP contribution >= 0.6 is 0 Å². The van der Waals surface area contributed by atoms with Crippen LogP contribution in [0.15, 0.2) is 18.5 Å². The Morgan fingerprint density at radius 3 is 2.86 bits per heavy atom. The summed E-state index contributed by atoms with van der Waals surface area (Å²) in [7, 11) is 0. The second-order valence-electron chi connectivity index (χ2n) is 3.83. The van der Waals surface area contributed by atoms with E-state index in [0.717, 1.165) is 18.5 Å². The number of terminal acetylenes is 1. The van der Waals surface area contributed by atoms with Gasteiger partial charge >= 0.3 is 0 Å². The van der Waals surface area contributed by atoms with Crippen LogP contribution in [0.1, 0.15) is 31.9 Å². The minimum absolute atomic E-state index is 0.249. The quantitative estimate of drug-likeness (QED) is 0.725. The summed E-state index contributed by atoms with van der Waals surface area (Å²) in [4.78, 5) is 0. The van der Waals surface area contributed by atoms with Gasteiger partial charge in [-0.1, -0.05) is 13.8 Å². The van der Waals surface area contributed by atoms with E-state index in [4.69, 9.17) is 6.42 Å². The molecule has 14 heavy (non-hydrogen) atoms. The summed E-state index contributed by atoms with van der Waals surface area (Å²) in [5.41, 5.74) is 0.969. The first-order valence-electron chi connectivity index (χ1n) is 4.92. The maximum atomic E-state index is 9.78. The molecule has 0 aliphatic carbocycles. The number of nitrogens with zero attached hydrogens (tertiary/aromatic N) is 1. The topological polar surface area (TPSA) is 25.2 Å². The van der Waals surface area contributed by atoms with Crippen LogP contribution in [0.3, 0.4) is 0 Å². The fraction of sp³-hybridized carbons (Fsp3) is 0.500. The standard InChI is InChI=1S/C12H17NO/c1-4-5-7-13-8-6-11(9-13)12(14)10(2)3/h1,6,8-10,12,14H,5,7H2,2-3H3. The molecule has 1 aromatic rings. The summed E-state index contributed by atoms with van der Waals surface area (Å²) < 4.78 is 2.01. The third kappa shape index (κ3) is 2.65. The van der Waals surface area contributed by atoms with Gasteiger partial charge in [0.15, 0.2) is 0 Å². The van der Waals surface area contributed by atoms with Gasteiger partial charge in [0.1, 0.15) is 0 Å². The molecule has 2 nitrogen and oxygen atoms in total. The van der Waals surface area contributed by atoms with E-state index in [-0.39, 0.29) is 12.0 Å². The van der Waals surface area contributed by atoms with Crippen molar-refractivity contribution in [1.82, 2.24) is 4.57 Å². The first-order valence-corrected chi connectivity index (χ1v) is 4.92. The average Bonchev–Trinajstić information content (AvgIpc) is 2.61. The fourth-order valence-corrected chi connectivity index (χ4v) is 1.35. The molecule has 1 rings (SSSR count). The van der Waals surface area contributed by atoms with Gasteiger partial charge in [0.25, 0.3) is 0 Å². The predicted molar refractivity (Wildman–Crippen MR) is 57.7 cm³/mol. The molecule has 76 valence electrons. The van der Waals surface area contributed by atoms with Crippen LogP contribution in [0.25, 0.3) is 0 Å². The van der Waals surface area contributed by atoms with E-state index in [1.54, 1.807) is 0 Å². The molecule has 1 N–H and O–H groups in total. The van der Waals surface area contributed by atoms with E-state index in [9.17, 15) is 5.11 Å². The smallest absolute Gasteiger partial charge is 0.0827 e. The van der Waals surface area contributed by atoms with Gasteiger partial charge in [-0.15, -0.1) is 12.3 Å². The lowest BCUT2D eigenvalue weighted by molar-refractivity contribution is 0.127. The predicted octanol–water partition coefficient (Wildman–Crippen LogP) is 2.20. The normalized spacial score (nSPS) is 12.8. The number of aliphatic hydroxyl groups is 1. The van der Waals surface area contributed by atoms with Crippen LogP contribution in [0.5, 0.6) is 0 Å². The second kappa shape index (κ2) is 4.88. The van der Waals surface area contributed by atoms with E-state index >= 15 is 0 Å². The van der Waals surface area contributed by atoms with Crippen molar-refractivity contribution in [3.8, 4) is 12.3 Å². The molecule has 0 aliphatic heterocycles. The number of aryl methyl sites for hydroxylation is 1. The average molecular weight is 191 g/mol. The highest BCUT2D eigenvalue weighted by molar-refractivity contribution is 5.14. The monoisotopic (exact) mass is 191 g/mol. The number of rotatable bonds is 4. The summed E-state index contributed by atoms with van der Waals surface area (Å²) >= 11 is 0. The molecule has 0 aromatic carbocycles. The molecule has 0 saturated carbocycles. The number of aliphatic hydroxyl groups excluding tert-OH is 1. The van der Waals surface area contributed by atoms with E-state index in [0.29, 0.717) is 0 Å². The van der Waals surface area contributed by atoms with Crippen LogP contribution in [0, 0.1) is 18.3 Å². The summed E-state index contributed by atoms with van der Waals surface area (Å²) in [6.45, 7) is 4.83. The van der Waals surface area contributed by atoms with E-state index in [2.05, 4.69) is 5.92 Å². The van der Waals surface area contributed by atoms with Gasteiger partial charge in [0.05, 0.1) is 6.10 Å². The van der Waals surface area contributed by atoms with Gasteiger partial charge in [-0.3, -0.25) is 0 Å². The van der Waals surface area contributed by atoms with Crippen LogP contribution in [-0.2, 0) is 6.54 Å². The van der Waals surface area contributed by atoms with Crippen molar-refractivity contribution in [2.75, 3.05) is 0 Å². The molecule has 0 fully saturated rings. The summed E-state index contributed by atoms with van der Waals surface area (Å²) in [5.74, 6) is 2.84. The number of hydrogen-bond donors (Lipinski definition) is 1. The first kappa shape index (κ1) is 10.9. The van der Waals surface area contributed by atoms with Gasteiger partial charge in [-0.25, -0.2) is 0 Å². The molecule has 0 radical (unpaired) electrons. The molecule has 2 heteroatoms. The first-order chi connectivity index (χ1) is 6.65. The van der Waals surface area contributed by atoms with E-state index < -0.39 is 0 Å². The molecule has 0 saturated heterocycles. The largest absolute Gasteiger partial charge is 0.388 e. The molecule has 1 heterocycles. The summed E-state index contributed by atoms with van der Waals surface area (Å²) in [6.07, 6.45) is 9.45. The minimum Gasteiger partial charge on any atom is -0.388 e. The number of aromatic nitrogens is 1. The zero-order valence-corrected chi connectivity index (χ0v) is 8.77. The van der Waals surface area contributed by atoms with Gasteiger partial charge in [0, 0.05) is 25.4 Å². The van der Waals surface area contributed by atoms with Crippen molar-refractivity contribution in [3.63, 3.8) is 0 Å². The highest BCUT2D eigenvalue weighted by Gasteiger charge is 2.12. The molecular formula is C12H17NO. The van der Waals surface area contributed by atoms with E-state index in [1.807, 2.05) is 36.9 Å². The Labute approximate surface area is 85.6 Å². The minimum atomic E-state index is -0.373. The molecule has 1 atom stereocenters. The van der Waals surface area contributed by atoms with Crippen LogP contribution in [0.2, 0.25) is 0 Å². The maximum absolute atomic E-state index is 9.78. The second-order valence-corrected chi connectivity index (χ2v) is 3.83. The van der Waals surface area contributed by atoms with Crippen molar-refractivity contribution in [2.45, 2.75) is 32.9 Å². The summed E-state index contributed by atoms with van der Waals surface area (Å²) in [6, 6.07) is 1.95. The van der Waals surface area contributed by atoms with Crippen LogP contribution in [0.4, 0.5) is 0 Å². The third-order valence-corrected chi connectivity index (χ3v) is 2.26. The maximum Gasteiger partial charge on any atom is 0.0827 e. The van der Waals surface area contributed by atoms with Crippen LogP contribution in [-0.4, -0.2) is 9.67 Å². The number of hydrogen-bond acceptors (Lipinski definition) is 1. The molecule has 0 bridgehead atoms. The van der Waals surface area contributed by atoms with Gasteiger partial charge in [-0.2, -0.15) is 0 Å². The van der Waals surface area contributed by atoms with Crippen LogP contribution < -0.4 is 0 Å². The lowest BCUT2D eigenvalue weighted by atomic mass is 10.0. The molecule has 0 spiro atoms. The Morgan fingerprint density at radius 2 is 2.29 bits per heavy atom. The van der Waals surface area contributed by atoms with Gasteiger partial charge in [-0.05, 0) is 17.5 Å². The Kier molecular flexibility index (Phi) is 3.79. The lowest BCUT2D eigenvalue weighted by Crippen LogP contribution is -2.04. The van der Waals surface area contributed by atoms with Gasteiger partial charge in [0.2, 0.25) is 0 Å². The molecule has 1 aromatic heterocycles. The Hall–Kier alpha value is -1.20. The van der Waals surface area contributed by atoms with Crippen molar-refractivity contribution >= 4 is 0 Å². The fourth-order valence-electron chi connectivity index (χ4n) is 1.35. The highest BCUT2D eigenvalue weighted by Crippen LogP contribution is 2.21. The molecule has 0 amide bonds. The SMILES string of the molecule is C#CCCn1ccc(C(O)C(C)C)c1. The molecule has 0 aliphatic rings. The summed E-state index contributed by atoms with van der Waals surface area (Å²) in [5, 5.41) is 9.78. The van der Waals surface area contributed by atoms with Gasteiger partial charge < -0.3 is 9.67 Å². The van der Waals surface area contributed by atoms with Crippen molar-refractivity contribution in [3.05, 3.63) is 24.0 Å². The Morgan fingerprint density at radius 1 is 1.57 bits per heavy atom. The zero-order valence-electron chi connectivity index (χ0n) is 8.77.